The molecule has 0 bridgehead atoms. The number of halogens is 1. The van der Waals surface area contributed by atoms with Crippen molar-refractivity contribution in [1.82, 2.24) is 15.1 Å². The third kappa shape index (κ3) is 4.86. The maximum absolute atomic E-state index is 11.9. The molecule has 2 aromatic carbocycles. The number of hydrogen-bond donors (Lipinski definition) is 1. The van der Waals surface area contributed by atoms with Gasteiger partial charge in [0, 0.05) is 17.8 Å². The third-order valence-electron chi connectivity index (χ3n) is 3.89. The Hall–Kier alpha value is -2.79. The first-order chi connectivity index (χ1) is 12.6. The SMILES string of the molecule is Cc1cc(OCC(=O)NCCc2cnn(-c3ccccc3)c2)ccc1Cl. The fourth-order valence-corrected chi connectivity index (χ4v) is 2.58. The van der Waals surface area contributed by atoms with E-state index in [9.17, 15) is 4.79 Å². The summed E-state index contributed by atoms with van der Waals surface area (Å²) < 4.78 is 7.30. The second-order valence-corrected chi connectivity index (χ2v) is 6.34. The van der Waals surface area contributed by atoms with E-state index in [0.29, 0.717) is 23.7 Å². The zero-order valence-corrected chi connectivity index (χ0v) is 15.2. The summed E-state index contributed by atoms with van der Waals surface area (Å²) in [5.74, 6) is 0.472. The number of aryl methyl sites for hydroxylation is 1. The van der Waals surface area contributed by atoms with E-state index in [1.54, 1.807) is 12.1 Å². The van der Waals surface area contributed by atoms with Crippen molar-refractivity contribution < 1.29 is 9.53 Å². The van der Waals surface area contributed by atoms with E-state index in [2.05, 4.69) is 10.4 Å². The summed E-state index contributed by atoms with van der Waals surface area (Å²) in [6.45, 7) is 2.40. The number of nitrogens with one attached hydrogen (secondary N) is 1. The van der Waals surface area contributed by atoms with E-state index < -0.39 is 0 Å². The van der Waals surface area contributed by atoms with Crippen molar-refractivity contribution in [3.8, 4) is 11.4 Å². The molecule has 5 nitrogen and oxygen atoms in total. The number of hydrogen-bond acceptors (Lipinski definition) is 3. The average Bonchev–Trinajstić information content (AvgIpc) is 3.12. The van der Waals surface area contributed by atoms with Crippen molar-refractivity contribution in [1.29, 1.82) is 0 Å². The van der Waals surface area contributed by atoms with Crippen molar-refractivity contribution in [2.24, 2.45) is 0 Å². The molecule has 1 aromatic heterocycles. The lowest BCUT2D eigenvalue weighted by Gasteiger charge is -2.08. The molecule has 6 heteroatoms. The molecule has 0 aliphatic carbocycles. The number of rotatable bonds is 7. The molecule has 0 unspecified atom stereocenters. The van der Waals surface area contributed by atoms with Crippen molar-refractivity contribution >= 4 is 17.5 Å². The van der Waals surface area contributed by atoms with Gasteiger partial charge in [0.25, 0.3) is 5.91 Å². The molecule has 0 saturated carbocycles. The van der Waals surface area contributed by atoms with Gasteiger partial charge in [-0.25, -0.2) is 4.68 Å². The van der Waals surface area contributed by atoms with Gasteiger partial charge in [-0.05, 0) is 54.8 Å². The van der Waals surface area contributed by atoms with Crippen molar-refractivity contribution in [3.63, 3.8) is 0 Å². The molecule has 3 rings (SSSR count). The van der Waals surface area contributed by atoms with Gasteiger partial charge in [-0.2, -0.15) is 5.10 Å². The van der Waals surface area contributed by atoms with Crippen LogP contribution in [0.25, 0.3) is 5.69 Å². The molecular weight excluding hydrogens is 350 g/mol. The summed E-state index contributed by atoms with van der Waals surface area (Å²) in [4.78, 5) is 11.9. The highest BCUT2D eigenvalue weighted by Gasteiger charge is 2.05. The minimum Gasteiger partial charge on any atom is -0.484 e. The number of ether oxygens (including phenoxy) is 1. The van der Waals surface area contributed by atoms with Crippen LogP contribution in [0.2, 0.25) is 5.02 Å². The molecule has 134 valence electrons. The topological polar surface area (TPSA) is 56.1 Å². The molecule has 0 aliphatic rings. The smallest absolute Gasteiger partial charge is 0.257 e. The van der Waals surface area contributed by atoms with Crippen LogP contribution >= 0.6 is 11.6 Å². The highest BCUT2D eigenvalue weighted by atomic mass is 35.5. The Kier molecular flexibility index (Phi) is 5.92. The number of amides is 1. The van der Waals surface area contributed by atoms with Crippen LogP contribution in [-0.2, 0) is 11.2 Å². The predicted molar refractivity (Wildman–Crippen MR) is 102 cm³/mol. The molecule has 0 aliphatic heterocycles. The van der Waals surface area contributed by atoms with E-state index in [-0.39, 0.29) is 12.5 Å². The average molecular weight is 370 g/mol. The van der Waals surface area contributed by atoms with Crippen LogP contribution in [0.5, 0.6) is 5.75 Å². The zero-order chi connectivity index (χ0) is 18.4. The number of aromatic nitrogens is 2. The highest BCUT2D eigenvalue weighted by molar-refractivity contribution is 6.31. The van der Waals surface area contributed by atoms with Crippen LogP contribution in [0.15, 0.2) is 60.9 Å². The highest BCUT2D eigenvalue weighted by Crippen LogP contribution is 2.20. The van der Waals surface area contributed by atoms with Crippen LogP contribution in [0.4, 0.5) is 0 Å². The first-order valence-corrected chi connectivity index (χ1v) is 8.74. The Balaban J connectivity index is 1.42. The fourth-order valence-electron chi connectivity index (χ4n) is 2.46. The van der Waals surface area contributed by atoms with Gasteiger partial charge in [-0.1, -0.05) is 29.8 Å². The number of para-hydroxylation sites is 1. The lowest BCUT2D eigenvalue weighted by molar-refractivity contribution is -0.123. The second kappa shape index (κ2) is 8.54. The van der Waals surface area contributed by atoms with Crippen LogP contribution in [0, 0.1) is 6.92 Å². The van der Waals surface area contributed by atoms with E-state index in [4.69, 9.17) is 16.3 Å². The summed E-state index contributed by atoms with van der Waals surface area (Å²) >= 11 is 5.97. The molecule has 0 atom stereocenters. The largest absolute Gasteiger partial charge is 0.484 e. The van der Waals surface area contributed by atoms with E-state index in [0.717, 1.165) is 16.8 Å². The Morgan fingerprint density at radius 3 is 2.81 bits per heavy atom. The molecule has 0 radical (unpaired) electrons. The van der Waals surface area contributed by atoms with Gasteiger partial charge in [0.05, 0.1) is 11.9 Å². The fraction of sp³-hybridized carbons (Fsp3) is 0.200. The number of carbonyl (C=O) groups excluding carboxylic acids is 1. The van der Waals surface area contributed by atoms with Gasteiger partial charge in [-0.3, -0.25) is 4.79 Å². The summed E-state index contributed by atoms with van der Waals surface area (Å²) in [5, 5.41) is 7.87. The standard InChI is InChI=1S/C20H20ClN3O2/c1-15-11-18(7-8-19(15)21)26-14-20(25)22-10-9-16-12-23-24(13-16)17-5-3-2-4-6-17/h2-8,11-13H,9-10,14H2,1H3,(H,22,25). The van der Waals surface area contributed by atoms with Gasteiger partial charge >= 0.3 is 0 Å². The van der Waals surface area contributed by atoms with Gasteiger partial charge in [0.1, 0.15) is 5.75 Å². The maximum atomic E-state index is 11.9. The number of benzene rings is 2. The van der Waals surface area contributed by atoms with Crippen LogP contribution in [0.1, 0.15) is 11.1 Å². The van der Waals surface area contributed by atoms with E-state index in [1.807, 2.05) is 60.4 Å². The number of carbonyl (C=O) groups is 1. The molecule has 0 spiro atoms. The van der Waals surface area contributed by atoms with Crippen LogP contribution < -0.4 is 10.1 Å². The first kappa shape index (κ1) is 18.0. The second-order valence-electron chi connectivity index (χ2n) is 5.93. The monoisotopic (exact) mass is 369 g/mol. The lowest BCUT2D eigenvalue weighted by Crippen LogP contribution is -2.30. The van der Waals surface area contributed by atoms with E-state index >= 15 is 0 Å². The summed E-state index contributed by atoms with van der Waals surface area (Å²) in [6.07, 6.45) is 4.49. The normalized spacial score (nSPS) is 10.5. The summed E-state index contributed by atoms with van der Waals surface area (Å²) in [6, 6.07) is 15.2. The number of nitrogens with zero attached hydrogens (tertiary/aromatic N) is 2. The van der Waals surface area contributed by atoms with Crippen LogP contribution in [-0.4, -0.2) is 28.8 Å². The quantitative estimate of drug-likeness (QED) is 0.692. The van der Waals surface area contributed by atoms with Crippen molar-refractivity contribution in [2.45, 2.75) is 13.3 Å². The Bertz CT molecular complexity index is 878. The molecule has 3 aromatic rings. The van der Waals surface area contributed by atoms with Gasteiger partial charge in [-0.15, -0.1) is 0 Å². The van der Waals surface area contributed by atoms with Gasteiger partial charge in [0.2, 0.25) is 0 Å². The zero-order valence-electron chi connectivity index (χ0n) is 14.5. The lowest BCUT2D eigenvalue weighted by atomic mass is 10.2. The third-order valence-corrected chi connectivity index (χ3v) is 4.32. The Morgan fingerprint density at radius 1 is 1.23 bits per heavy atom. The molecule has 1 N–H and O–H groups in total. The summed E-state index contributed by atoms with van der Waals surface area (Å²) in [7, 11) is 0. The van der Waals surface area contributed by atoms with Crippen LogP contribution in [0.3, 0.4) is 0 Å². The molecule has 0 fully saturated rings. The Morgan fingerprint density at radius 2 is 2.04 bits per heavy atom. The van der Waals surface area contributed by atoms with E-state index in [1.165, 1.54) is 0 Å². The minimum atomic E-state index is -0.159. The first-order valence-electron chi connectivity index (χ1n) is 8.36. The summed E-state index contributed by atoms with van der Waals surface area (Å²) in [5.41, 5.74) is 2.98. The van der Waals surface area contributed by atoms with Crippen molar-refractivity contribution in [2.75, 3.05) is 13.2 Å². The molecule has 1 heterocycles. The molecular formula is C20H20ClN3O2. The van der Waals surface area contributed by atoms with Crippen molar-refractivity contribution in [3.05, 3.63) is 77.1 Å². The minimum absolute atomic E-state index is 0.0235. The maximum Gasteiger partial charge on any atom is 0.257 e. The van der Waals surface area contributed by atoms with Gasteiger partial charge < -0.3 is 10.1 Å². The Labute approximate surface area is 157 Å². The van der Waals surface area contributed by atoms with Gasteiger partial charge in [0.15, 0.2) is 6.61 Å². The molecule has 1 amide bonds. The predicted octanol–water partition coefficient (Wildman–Crippen LogP) is 3.57. The molecule has 0 saturated heterocycles. The molecule has 26 heavy (non-hydrogen) atoms.